The highest BCUT2D eigenvalue weighted by Gasteiger charge is 2.08. The Morgan fingerprint density at radius 3 is 2.50 bits per heavy atom. The van der Waals surface area contributed by atoms with Gasteiger partial charge < -0.3 is 15.4 Å². The summed E-state index contributed by atoms with van der Waals surface area (Å²) in [5, 5.41) is 7.14. The van der Waals surface area contributed by atoms with Crippen molar-refractivity contribution in [2.24, 2.45) is 0 Å². The lowest BCUT2D eigenvalue weighted by molar-refractivity contribution is 0.102. The van der Waals surface area contributed by atoms with Crippen molar-refractivity contribution in [1.82, 2.24) is 9.97 Å². The molecule has 6 nitrogen and oxygen atoms in total. The molecule has 138 valence electrons. The molecular weight excluding hydrogens is 352 g/mol. The van der Waals surface area contributed by atoms with Crippen LogP contribution in [0.5, 0.6) is 5.75 Å². The number of anilines is 3. The Hall–Kier alpha value is -3.93. The van der Waals surface area contributed by atoms with E-state index in [1.165, 1.54) is 0 Å². The lowest BCUT2D eigenvalue weighted by Crippen LogP contribution is -2.12. The van der Waals surface area contributed by atoms with Gasteiger partial charge in [0.2, 0.25) is 0 Å². The molecule has 0 aliphatic heterocycles. The summed E-state index contributed by atoms with van der Waals surface area (Å²) in [4.78, 5) is 21.2. The van der Waals surface area contributed by atoms with Crippen LogP contribution in [0.3, 0.4) is 0 Å². The van der Waals surface area contributed by atoms with Crippen molar-refractivity contribution in [2.75, 3.05) is 17.7 Å². The second-order valence-corrected chi connectivity index (χ2v) is 6.12. The van der Waals surface area contributed by atoms with Crippen LogP contribution in [0.15, 0.2) is 79.1 Å². The zero-order valence-electron chi connectivity index (χ0n) is 15.2. The lowest BCUT2D eigenvalue weighted by atomic mass is 10.2. The summed E-state index contributed by atoms with van der Waals surface area (Å²) in [5.74, 6) is 1.15. The first-order chi connectivity index (χ1) is 13.7. The zero-order chi connectivity index (χ0) is 19.3. The van der Waals surface area contributed by atoms with Crippen molar-refractivity contribution in [2.45, 2.75) is 0 Å². The third-order valence-electron chi connectivity index (χ3n) is 4.27. The molecule has 4 rings (SSSR count). The lowest BCUT2D eigenvalue weighted by Gasteiger charge is -2.09. The number of fused-ring (bicyclic) bond motifs is 1. The van der Waals surface area contributed by atoms with Crippen molar-refractivity contribution in [3.63, 3.8) is 0 Å². The number of hydrogen-bond acceptors (Lipinski definition) is 5. The highest BCUT2D eigenvalue weighted by molar-refractivity contribution is 6.04. The largest absolute Gasteiger partial charge is 0.497 e. The first-order valence-electron chi connectivity index (χ1n) is 8.75. The fourth-order valence-electron chi connectivity index (χ4n) is 2.82. The Bertz CT molecular complexity index is 1100. The number of para-hydroxylation sites is 1. The molecule has 0 saturated heterocycles. The van der Waals surface area contributed by atoms with E-state index in [1.54, 1.807) is 55.9 Å². The number of pyridine rings is 2. The van der Waals surface area contributed by atoms with E-state index in [4.69, 9.17) is 4.74 Å². The van der Waals surface area contributed by atoms with Crippen LogP contribution in [0.1, 0.15) is 10.4 Å². The standard InChI is InChI=1S/C22H18N4O2/c1-28-18-10-8-17(9-11-18)25-22(27)16-7-12-20(24-14-16)26-19-6-2-4-15-5-3-13-23-21(15)19/h2-14H,1H3,(H,24,26)(H,25,27). The van der Waals surface area contributed by atoms with Gasteiger partial charge in [0.05, 0.1) is 23.9 Å². The highest BCUT2D eigenvalue weighted by Crippen LogP contribution is 2.24. The van der Waals surface area contributed by atoms with Crippen LogP contribution < -0.4 is 15.4 Å². The quantitative estimate of drug-likeness (QED) is 0.535. The SMILES string of the molecule is COc1ccc(NC(=O)c2ccc(Nc3cccc4cccnc34)nc2)cc1. The molecule has 2 aromatic heterocycles. The number of rotatable bonds is 5. The maximum atomic E-state index is 12.4. The molecule has 0 unspecified atom stereocenters. The molecule has 0 bridgehead atoms. The van der Waals surface area contributed by atoms with Crippen LogP contribution in [0.4, 0.5) is 17.2 Å². The smallest absolute Gasteiger partial charge is 0.257 e. The van der Waals surface area contributed by atoms with E-state index in [9.17, 15) is 4.79 Å². The van der Waals surface area contributed by atoms with Gasteiger partial charge in [-0.05, 0) is 48.5 Å². The Morgan fingerprint density at radius 1 is 0.929 bits per heavy atom. The number of hydrogen-bond donors (Lipinski definition) is 2. The third kappa shape index (κ3) is 3.76. The summed E-state index contributed by atoms with van der Waals surface area (Å²) in [6.07, 6.45) is 3.30. The van der Waals surface area contributed by atoms with Crippen molar-refractivity contribution in [1.29, 1.82) is 0 Å². The van der Waals surface area contributed by atoms with Gasteiger partial charge in [-0.3, -0.25) is 9.78 Å². The number of carbonyl (C=O) groups excluding carboxylic acids is 1. The molecule has 0 spiro atoms. The molecule has 0 aliphatic rings. The first kappa shape index (κ1) is 17.5. The van der Waals surface area contributed by atoms with Crippen LogP contribution in [0, 0.1) is 0 Å². The van der Waals surface area contributed by atoms with Gasteiger partial charge in [-0.1, -0.05) is 18.2 Å². The summed E-state index contributed by atoms with van der Waals surface area (Å²) in [5.41, 5.74) is 2.89. The second kappa shape index (κ2) is 7.75. The second-order valence-electron chi connectivity index (χ2n) is 6.12. The van der Waals surface area contributed by atoms with Crippen LogP contribution >= 0.6 is 0 Å². The minimum Gasteiger partial charge on any atom is -0.497 e. The van der Waals surface area contributed by atoms with E-state index in [0.717, 1.165) is 22.3 Å². The van der Waals surface area contributed by atoms with Gasteiger partial charge in [-0.2, -0.15) is 0 Å². The average Bonchev–Trinajstić information content (AvgIpc) is 2.75. The summed E-state index contributed by atoms with van der Waals surface area (Å²) in [7, 11) is 1.60. The number of amides is 1. The molecule has 2 heterocycles. The molecule has 6 heteroatoms. The average molecular weight is 370 g/mol. The van der Waals surface area contributed by atoms with Crippen molar-refractivity contribution >= 4 is 34.0 Å². The summed E-state index contributed by atoms with van der Waals surface area (Å²) in [6, 6.07) is 20.5. The van der Waals surface area contributed by atoms with Gasteiger partial charge >= 0.3 is 0 Å². The first-order valence-corrected chi connectivity index (χ1v) is 8.75. The van der Waals surface area contributed by atoms with E-state index in [1.807, 2.05) is 30.3 Å². The number of nitrogens with zero attached hydrogens (tertiary/aromatic N) is 2. The van der Waals surface area contributed by atoms with Crippen LogP contribution in [-0.2, 0) is 0 Å². The molecule has 0 atom stereocenters. The predicted octanol–water partition coefficient (Wildman–Crippen LogP) is 4.63. The normalized spacial score (nSPS) is 10.5. The molecule has 0 fully saturated rings. The third-order valence-corrected chi connectivity index (χ3v) is 4.27. The minimum atomic E-state index is -0.226. The Labute approximate surface area is 162 Å². The molecule has 1 amide bonds. The van der Waals surface area contributed by atoms with E-state index in [-0.39, 0.29) is 5.91 Å². The Balaban J connectivity index is 1.47. The molecule has 0 radical (unpaired) electrons. The maximum Gasteiger partial charge on any atom is 0.257 e. The predicted molar refractivity (Wildman–Crippen MR) is 110 cm³/mol. The highest BCUT2D eigenvalue weighted by atomic mass is 16.5. The molecule has 0 aliphatic carbocycles. The maximum absolute atomic E-state index is 12.4. The number of ether oxygens (including phenoxy) is 1. The Kier molecular flexibility index (Phi) is 4.84. The topological polar surface area (TPSA) is 76.1 Å². The van der Waals surface area contributed by atoms with Crippen molar-refractivity contribution in [3.8, 4) is 5.75 Å². The van der Waals surface area contributed by atoms with Gasteiger partial charge in [0.1, 0.15) is 11.6 Å². The number of aromatic nitrogens is 2. The summed E-state index contributed by atoms with van der Waals surface area (Å²) >= 11 is 0. The van der Waals surface area contributed by atoms with Crippen LogP contribution in [0.2, 0.25) is 0 Å². The Morgan fingerprint density at radius 2 is 1.75 bits per heavy atom. The van der Waals surface area contributed by atoms with Gasteiger partial charge in [-0.15, -0.1) is 0 Å². The van der Waals surface area contributed by atoms with Gasteiger partial charge in [0.15, 0.2) is 0 Å². The van der Waals surface area contributed by atoms with Crippen LogP contribution in [-0.4, -0.2) is 23.0 Å². The molecule has 4 aromatic rings. The van der Waals surface area contributed by atoms with E-state index in [0.29, 0.717) is 17.1 Å². The number of carbonyl (C=O) groups is 1. The fourth-order valence-corrected chi connectivity index (χ4v) is 2.82. The summed E-state index contributed by atoms with van der Waals surface area (Å²) < 4.78 is 5.11. The number of nitrogens with one attached hydrogen (secondary N) is 2. The van der Waals surface area contributed by atoms with E-state index >= 15 is 0 Å². The van der Waals surface area contributed by atoms with E-state index < -0.39 is 0 Å². The van der Waals surface area contributed by atoms with Crippen molar-refractivity contribution in [3.05, 3.63) is 84.7 Å². The monoisotopic (exact) mass is 370 g/mol. The van der Waals surface area contributed by atoms with Crippen molar-refractivity contribution < 1.29 is 9.53 Å². The van der Waals surface area contributed by atoms with Crippen LogP contribution in [0.25, 0.3) is 10.9 Å². The van der Waals surface area contributed by atoms with Gasteiger partial charge in [0, 0.05) is 23.5 Å². The number of benzene rings is 2. The zero-order valence-corrected chi connectivity index (χ0v) is 15.2. The van der Waals surface area contributed by atoms with Gasteiger partial charge in [-0.25, -0.2) is 4.98 Å². The van der Waals surface area contributed by atoms with E-state index in [2.05, 4.69) is 20.6 Å². The minimum absolute atomic E-state index is 0.226. The molecule has 2 aromatic carbocycles. The van der Waals surface area contributed by atoms with Gasteiger partial charge in [0.25, 0.3) is 5.91 Å². The molecular formula is C22H18N4O2. The molecule has 0 saturated carbocycles. The molecule has 2 N–H and O–H groups in total. The fraction of sp³-hybridized carbons (Fsp3) is 0.0455. The summed E-state index contributed by atoms with van der Waals surface area (Å²) in [6.45, 7) is 0. The molecule has 28 heavy (non-hydrogen) atoms. The number of methoxy groups -OCH3 is 1.